The van der Waals surface area contributed by atoms with Crippen molar-refractivity contribution in [2.24, 2.45) is 5.92 Å². The average molecular weight is 278 g/mol. The topological polar surface area (TPSA) is 43.4 Å². The van der Waals surface area contributed by atoms with Crippen molar-refractivity contribution < 1.29 is 9.47 Å². The van der Waals surface area contributed by atoms with E-state index in [1.54, 1.807) is 0 Å². The number of hydrogen-bond donors (Lipinski definition) is 1. The van der Waals surface area contributed by atoms with E-state index >= 15 is 0 Å². The minimum absolute atomic E-state index is 0.391. The first-order valence-electron chi connectivity index (χ1n) is 7.64. The average Bonchev–Trinajstić information content (AvgIpc) is 2.93. The molecule has 0 spiro atoms. The van der Waals surface area contributed by atoms with Crippen molar-refractivity contribution in [3.8, 4) is 5.75 Å². The van der Waals surface area contributed by atoms with Crippen LogP contribution in [0.3, 0.4) is 0 Å². The first-order chi connectivity index (χ1) is 9.74. The normalized spacial score (nSPS) is 18.6. The van der Waals surface area contributed by atoms with Gasteiger partial charge in [0.2, 0.25) is 0 Å². The highest BCUT2D eigenvalue weighted by Gasteiger charge is 2.14. The van der Waals surface area contributed by atoms with Crippen LogP contribution in [0.15, 0.2) is 18.3 Å². The second-order valence-electron chi connectivity index (χ2n) is 5.78. The summed E-state index contributed by atoms with van der Waals surface area (Å²) in [5, 5.41) is 3.38. The van der Waals surface area contributed by atoms with Crippen molar-refractivity contribution in [3.63, 3.8) is 0 Å². The molecule has 20 heavy (non-hydrogen) atoms. The van der Waals surface area contributed by atoms with Crippen LogP contribution in [0, 0.1) is 5.92 Å². The van der Waals surface area contributed by atoms with Gasteiger partial charge in [-0.2, -0.15) is 0 Å². The molecule has 1 saturated heterocycles. The molecular weight excluding hydrogens is 252 g/mol. The van der Waals surface area contributed by atoms with Crippen LogP contribution in [0.1, 0.15) is 38.8 Å². The molecule has 1 aromatic heterocycles. The Morgan fingerprint density at radius 3 is 3.00 bits per heavy atom. The van der Waals surface area contributed by atoms with Gasteiger partial charge in [-0.15, -0.1) is 0 Å². The van der Waals surface area contributed by atoms with Crippen molar-refractivity contribution in [1.29, 1.82) is 0 Å². The van der Waals surface area contributed by atoms with E-state index in [0.29, 0.717) is 18.6 Å². The third-order valence-electron chi connectivity index (χ3n) is 3.39. The summed E-state index contributed by atoms with van der Waals surface area (Å²) in [6.07, 6.45) is 5.52. The molecule has 4 nitrogen and oxygen atoms in total. The van der Waals surface area contributed by atoms with Gasteiger partial charge >= 0.3 is 0 Å². The summed E-state index contributed by atoms with van der Waals surface area (Å²) in [6.45, 7) is 7.84. The number of nitrogens with one attached hydrogen (secondary N) is 1. The summed E-state index contributed by atoms with van der Waals surface area (Å²) in [5.41, 5.74) is 1.05. The molecule has 4 heteroatoms. The summed E-state index contributed by atoms with van der Waals surface area (Å²) in [4.78, 5) is 4.41. The van der Waals surface area contributed by atoms with Crippen molar-refractivity contribution in [2.75, 3.05) is 19.8 Å². The van der Waals surface area contributed by atoms with Gasteiger partial charge in [0.05, 0.1) is 24.6 Å². The Hall–Kier alpha value is -1.13. The lowest BCUT2D eigenvalue weighted by Gasteiger charge is -2.11. The molecule has 0 aliphatic carbocycles. The standard InChI is InChI=1S/C16H26N2O2/c1-13(2)10-17-11-14-5-6-16(12-18-14)20-9-7-15-4-3-8-19-15/h5-6,12-13,15,17H,3-4,7-11H2,1-2H3. The molecule has 1 aliphatic rings. The van der Waals surface area contributed by atoms with Gasteiger partial charge in [-0.25, -0.2) is 0 Å². The largest absolute Gasteiger partial charge is 0.492 e. The van der Waals surface area contributed by atoms with Crippen LogP contribution < -0.4 is 10.1 Å². The van der Waals surface area contributed by atoms with E-state index in [1.807, 2.05) is 18.3 Å². The molecule has 1 unspecified atom stereocenters. The van der Waals surface area contributed by atoms with E-state index < -0.39 is 0 Å². The van der Waals surface area contributed by atoms with E-state index in [0.717, 1.165) is 37.6 Å². The Bertz CT molecular complexity index is 373. The zero-order valence-corrected chi connectivity index (χ0v) is 12.6. The maximum absolute atomic E-state index is 5.70. The van der Waals surface area contributed by atoms with Crippen LogP contribution in [0.25, 0.3) is 0 Å². The second-order valence-corrected chi connectivity index (χ2v) is 5.78. The van der Waals surface area contributed by atoms with E-state index in [1.165, 1.54) is 12.8 Å². The minimum atomic E-state index is 0.391. The molecular formula is C16H26N2O2. The number of ether oxygens (including phenoxy) is 2. The summed E-state index contributed by atoms with van der Waals surface area (Å²) in [5.74, 6) is 1.51. The first-order valence-corrected chi connectivity index (χ1v) is 7.64. The molecule has 0 amide bonds. The lowest BCUT2D eigenvalue weighted by atomic mass is 10.2. The van der Waals surface area contributed by atoms with Gasteiger partial charge in [-0.3, -0.25) is 4.98 Å². The van der Waals surface area contributed by atoms with E-state index in [9.17, 15) is 0 Å². The van der Waals surface area contributed by atoms with Crippen LogP contribution in [0.5, 0.6) is 5.75 Å². The van der Waals surface area contributed by atoms with Crippen LogP contribution in [-0.4, -0.2) is 30.8 Å². The Morgan fingerprint density at radius 2 is 2.35 bits per heavy atom. The monoisotopic (exact) mass is 278 g/mol. The molecule has 2 heterocycles. The summed E-state index contributed by atoms with van der Waals surface area (Å²) >= 11 is 0. The summed E-state index contributed by atoms with van der Waals surface area (Å²) < 4.78 is 11.3. The van der Waals surface area contributed by atoms with Crippen LogP contribution in [-0.2, 0) is 11.3 Å². The first kappa shape index (κ1) is 15.3. The van der Waals surface area contributed by atoms with Gasteiger partial charge in [-0.1, -0.05) is 13.8 Å². The maximum Gasteiger partial charge on any atom is 0.137 e. The minimum Gasteiger partial charge on any atom is -0.492 e. The number of rotatable bonds is 8. The van der Waals surface area contributed by atoms with Gasteiger partial charge in [0.1, 0.15) is 5.75 Å². The molecule has 1 atom stereocenters. The van der Waals surface area contributed by atoms with E-state index in [4.69, 9.17) is 9.47 Å². The van der Waals surface area contributed by atoms with Gasteiger partial charge in [0.15, 0.2) is 0 Å². The van der Waals surface area contributed by atoms with Crippen molar-refractivity contribution in [1.82, 2.24) is 10.3 Å². The molecule has 0 aromatic carbocycles. The third kappa shape index (κ3) is 5.47. The molecule has 1 aliphatic heterocycles. The maximum atomic E-state index is 5.70. The van der Waals surface area contributed by atoms with Gasteiger partial charge in [-0.05, 0) is 37.4 Å². The zero-order chi connectivity index (χ0) is 14.2. The molecule has 1 fully saturated rings. The van der Waals surface area contributed by atoms with Gasteiger partial charge < -0.3 is 14.8 Å². The highest BCUT2D eigenvalue weighted by molar-refractivity contribution is 5.19. The molecule has 1 aromatic rings. The fourth-order valence-corrected chi connectivity index (χ4v) is 2.27. The molecule has 0 bridgehead atoms. The predicted molar refractivity (Wildman–Crippen MR) is 79.9 cm³/mol. The quantitative estimate of drug-likeness (QED) is 0.794. The predicted octanol–water partition coefficient (Wildman–Crippen LogP) is 2.78. The van der Waals surface area contributed by atoms with Crippen LogP contribution in [0.4, 0.5) is 0 Å². The van der Waals surface area contributed by atoms with Crippen LogP contribution in [0.2, 0.25) is 0 Å². The van der Waals surface area contributed by atoms with E-state index in [2.05, 4.69) is 24.1 Å². The summed E-state index contributed by atoms with van der Waals surface area (Å²) in [7, 11) is 0. The highest BCUT2D eigenvalue weighted by atomic mass is 16.5. The Labute approximate surface area is 121 Å². The fraction of sp³-hybridized carbons (Fsp3) is 0.688. The Kier molecular flexibility index (Phi) is 6.27. The number of aromatic nitrogens is 1. The lowest BCUT2D eigenvalue weighted by molar-refractivity contribution is 0.0903. The molecule has 1 N–H and O–H groups in total. The third-order valence-corrected chi connectivity index (χ3v) is 3.39. The fourth-order valence-electron chi connectivity index (χ4n) is 2.27. The SMILES string of the molecule is CC(C)CNCc1ccc(OCCC2CCCO2)cn1. The molecule has 112 valence electrons. The number of hydrogen-bond acceptors (Lipinski definition) is 4. The summed E-state index contributed by atoms with van der Waals surface area (Å²) in [6, 6.07) is 4.02. The van der Waals surface area contributed by atoms with Gasteiger partial charge in [0.25, 0.3) is 0 Å². The number of pyridine rings is 1. The van der Waals surface area contributed by atoms with Gasteiger partial charge in [0, 0.05) is 19.6 Å². The molecule has 0 saturated carbocycles. The molecule has 2 rings (SSSR count). The second kappa shape index (κ2) is 8.22. The van der Waals surface area contributed by atoms with Crippen molar-refractivity contribution >= 4 is 0 Å². The van der Waals surface area contributed by atoms with Crippen LogP contribution >= 0.6 is 0 Å². The Morgan fingerprint density at radius 1 is 1.45 bits per heavy atom. The highest BCUT2D eigenvalue weighted by Crippen LogP contribution is 2.16. The van der Waals surface area contributed by atoms with E-state index in [-0.39, 0.29) is 0 Å². The number of nitrogens with zero attached hydrogens (tertiary/aromatic N) is 1. The lowest BCUT2D eigenvalue weighted by Crippen LogP contribution is -2.19. The van der Waals surface area contributed by atoms with Crippen molar-refractivity contribution in [2.45, 2.75) is 45.8 Å². The molecule has 0 radical (unpaired) electrons. The zero-order valence-electron chi connectivity index (χ0n) is 12.6. The Balaban J connectivity index is 1.65. The van der Waals surface area contributed by atoms with Crippen molar-refractivity contribution in [3.05, 3.63) is 24.0 Å². The smallest absolute Gasteiger partial charge is 0.137 e.